The Kier molecular flexibility index (Phi) is 9.46. The zero-order valence-corrected chi connectivity index (χ0v) is 15.2. The first kappa shape index (κ1) is 18.9. The van der Waals surface area contributed by atoms with E-state index in [0.717, 1.165) is 32.4 Å². The highest BCUT2D eigenvalue weighted by Crippen LogP contribution is 2.27. The zero-order valence-electron chi connectivity index (χ0n) is 13.1. The highest BCUT2D eigenvalue weighted by Gasteiger charge is 2.36. The van der Waals surface area contributed by atoms with E-state index in [1.54, 1.807) is 7.11 Å². The lowest BCUT2D eigenvalue weighted by atomic mass is 9.87. The van der Waals surface area contributed by atoms with Crippen LogP contribution in [0.3, 0.4) is 0 Å². The third-order valence-electron chi connectivity index (χ3n) is 3.70. The maximum Gasteiger partial charge on any atom is 0.302 e. The number of hydrogen-bond donors (Lipinski definition) is 0. The predicted molar refractivity (Wildman–Crippen MR) is 90.3 cm³/mol. The molecule has 0 radical (unpaired) electrons. The van der Waals surface area contributed by atoms with Gasteiger partial charge in [0.2, 0.25) is 0 Å². The van der Waals surface area contributed by atoms with E-state index < -0.39 is 0 Å². The molecular formula is C15H26INO4. The van der Waals surface area contributed by atoms with Crippen molar-refractivity contribution >= 4 is 28.6 Å². The molecule has 6 heteroatoms. The van der Waals surface area contributed by atoms with Gasteiger partial charge in [-0.25, -0.2) is 0 Å². The molecule has 0 saturated carbocycles. The van der Waals surface area contributed by atoms with Crippen LogP contribution in [0.4, 0.5) is 0 Å². The number of ether oxygens (including phenoxy) is 3. The number of carbonyl (C=O) groups excluding carboxylic acids is 1. The van der Waals surface area contributed by atoms with Gasteiger partial charge >= 0.3 is 5.97 Å². The largest absolute Gasteiger partial charge is 0.462 e. The molecule has 1 aliphatic heterocycles. The number of allylic oxidation sites excluding steroid dienone is 1. The van der Waals surface area contributed by atoms with Crippen LogP contribution < -0.4 is 0 Å². The Morgan fingerprint density at radius 2 is 2.29 bits per heavy atom. The number of rotatable bonds is 8. The molecule has 0 aromatic carbocycles. The molecule has 0 aliphatic carbocycles. The number of likely N-dealkylation sites (tertiary alicyclic amines) is 1. The van der Waals surface area contributed by atoms with Gasteiger partial charge in [-0.15, -0.1) is 0 Å². The molecule has 1 saturated heterocycles. The van der Waals surface area contributed by atoms with Crippen molar-refractivity contribution in [2.45, 2.75) is 38.4 Å². The average Bonchev–Trinajstić information content (AvgIpc) is 2.44. The SMILES string of the molecule is COCOC(CC/C=C\I)C1CN(C)CCC1OC(C)=O. The van der Waals surface area contributed by atoms with Gasteiger partial charge in [-0.3, -0.25) is 4.79 Å². The number of methoxy groups -OCH3 is 1. The second kappa shape index (κ2) is 10.5. The van der Waals surface area contributed by atoms with Gasteiger partial charge in [0, 0.05) is 33.0 Å². The molecule has 1 aliphatic rings. The second-order valence-corrected chi connectivity index (χ2v) is 6.13. The van der Waals surface area contributed by atoms with E-state index in [1.165, 1.54) is 6.92 Å². The van der Waals surface area contributed by atoms with Crippen molar-refractivity contribution in [1.82, 2.24) is 4.90 Å². The molecule has 0 aromatic heterocycles. The van der Waals surface area contributed by atoms with E-state index in [1.807, 2.05) is 4.08 Å². The van der Waals surface area contributed by atoms with Crippen molar-refractivity contribution in [3.63, 3.8) is 0 Å². The number of halogens is 1. The third-order valence-corrected chi connectivity index (χ3v) is 4.21. The van der Waals surface area contributed by atoms with Crippen molar-refractivity contribution in [3.05, 3.63) is 10.2 Å². The summed E-state index contributed by atoms with van der Waals surface area (Å²) < 4.78 is 18.4. The summed E-state index contributed by atoms with van der Waals surface area (Å²) in [4.78, 5) is 13.6. The summed E-state index contributed by atoms with van der Waals surface area (Å²) in [5, 5.41) is 0. The highest BCUT2D eigenvalue weighted by molar-refractivity contribution is 14.1. The molecule has 0 N–H and O–H groups in total. The molecule has 1 fully saturated rings. The molecule has 122 valence electrons. The molecule has 0 bridgehead atoms. The second-order valence-electron chi connectivity index (χ2n) is 5.41. The van der Waals surface area contributed by atoms with Crippen LogP contribution in [-0.4, -0.2) is 57.1 Å². The van der Waals surface area contributed by atoms with Crippen LogP contribution in [0.2, 0.25) is 0 Å². The zero-order chi connectivity index (χ0) is 15.7. The standard InChI is InChI=1S/C15H26INO4/c1-12(18)21-15-7-9-17(2)10-13(15)14(20-11-19-3)6-4-5-8-16/h5,8,13-15H,4,6-7,9-11H2,1-3H3/b8-5-. The minimum absolute atomic E-state index is 0.0321. The summed E-state index contributed by atoms with van der Waals surface area (Å²) >= 11 is 2.22. The summed E-state index contributed by atoms with van der Waals surface area (Å²) in [6.07, 6.45) is 4.80. The van der Waals surface area contributed by atoms with E-state index in [2.05, 4.69) is 40.6 Å². The van der Waals surface area contributed by atoms with Gasteiger partial charge in [0.25, 0.3) is 0 Å². The Balaban J connectivity index is 2.73. The maximum atomic E-state index is 11.3. The van der Waals surface area contributed by atoms with E-state index in [0.29, 0.717) is 0 Å². The fourth-order valence-corrected chi connectivity index (χ4v) is 3.11. The normalized spacial score (nSPS) is 25.1. The van der Waals surface area contributed by atoms with Crippen LogP contribution in [0.5, 0.6) is 0 Å². The van der Waals surface area contributed by atoms with Crippen LogP contribution in [0.25, 0.3) is 0 Å². The lowest BCUT2D eigenvalue weighted by molar-refractivity contribution is -0.163. The molecule has 0 aromatic rings. The summed E-state index contributed by atoms with van der Waals surface area (Å²) in [6.45, 7) is 3.56. The van der Waals surface area contributed by atoms with E-state index >= 15 is 0 Å². The Bertz CT molecular complexity index is 338. The molecule has 0 amide bonds. The Morgan fingerprint density at radius 1 is 1.52 bits per heavy atom. The smallest absolute Gasteiger partial charge is 0.302 e. The van der Waals surface area contributed by atoms with Crippen LogP contribution in [0.15, 0.2) is 10.2 Å². The van der Waals surface area contributed by atoms with E-state index in [-0.39, 0.29) is 30.9 Å². The first-order valence-electron chi connectivity index (χ1n) is 7.30. The van der Waals surface area contributed by atoms with Crippen LogP contribution in [0, 0.1) is 5.92 Å². The van der Waals surface area contributed by atoms with Crippen molar-refractivity contribution in [2.75, 3.05) is 34.0 Å². The molecule has 21 heavy (non-hydrogen) atoms. The van der Waals surface area contributed by atoms with Crippen LogP contribution in [0.1, 0.15) is 26.2 Å². The van der Waals surface area contributed by atoms with Gasteiger partial charge in [0.05, 0.1) is 6.10 Å². The van der Waals surface area contributed by atoms with Gasteiger partial charge in [-0.05, 0) is 30.4 Å². The van der Waals surface area contributed by atoms with Crippen LogP contribution in [-0.2, 0) is 19.0 Å². The fourth-order valence-electron chi connectivity index (χ4n) is 2.75. The quantitative estimate of drug-likeness (QED) is 0.349. The minimum atomic E-state index is -0.216. The summed E-state index contributed by atoms with van der Waals surface area (Å²) in [7, 11) is 3.72. The lowest BCUT2D eigenvalue weighted by Gasteiger charge is -2.40. The Labute approximate surface area is 141 Å². The van der Waals surface area contributed by atoms with Crippen molar-refractivity contribution in [3.8, 4) is 0 Å². The first-order chi connectivity index (χ1) is 10.1. The number of carbonyl (C=O) groups is 1. The molecule has 1 rings (SSSR count). The van der Waals surface area contributed by atoms with Crippen molar-refractivity contribution in [2.24, 2.45) is 5.92 Å². The number of piperidine rings is 1. The fraction of sp³-hybridized carbons (Fsp3) is 0.800. The van der Waals surface area contributed by atoms with Gasteiger partial charge < -0.3 is 19.1 Å². The molecule has 1 heterocycles. The van der Waals surface area contributed by atoms with Crippen molar-refractivity contribution < 1.29 is 19.0 Å². The van der Waals surface area contributed by atoms with Gasteiger partial charge in [-0.2, -0.15) is 0 Å². The number of hydrogen-bond acceptors (Lipinski definition) is 5. The molecule has 5 nitrogen and oxygen atoms in total. The lowest BCUT2D eigenvalue weighted by Crippen LogP contribution is -2.49. The molecular weight excluding hydrogens is 385 g/mol. The van der Waals surface area contributed by atoms with E-state index in [9.17, 15) is 4.79 Å². The minimum Gasteiger partial charge on any atom is -0.462 e. The monoisotopic (exact) mass is 411 g/mol. The van der Waals surface area contributed by atoms with Gasteiger partial charge in [0.15, 0.2) is 0 Å². The summed E-state index contributed by atoms with van der Waals surface area (Å²) in [5.74, 6) is -0.0300. The van der Waals surface area contributed by atoms with Gasteiger partial charge in [-0.1, -0.05) is 28.7 Å². The molecule has 3 unspecified atom stereocenters. The number of nitrogens with zero attached hydrogens (tertiary/aromatic N) is 1. The predicted octanol–water partition coefficient (Wildman–Crippen LogP) is 2.59. The Hall–Kier alpha value is -0.180. The summed E-state index contributed by atoms with van der Waals surface area (Å²) in [5.41, 5.74) is 0. The maximum absolute atomic E-state index is 11.3. The molecule has 0 spiro atoms. The number of esters is 1. The third kappa shape index (κ3) is 7.08. The van der Waals surface area contributed by atoms with E-state index in [4.69, 9.17) is 14.2 Å². The van der Waals surface area contributed by atoms with Gasteiger partial charge in [0.1, 0.15) is 12.9 Å². The first-order valence-corrected chi connectivity index (χ1v) is 8.54. The highest BCUT2D eigenvalue weighted by atomic mass is 127. The average molecular weight is 411 g/mol. The van der Waals surface area contributed by atoms with Crippen LogP contribution >= 0.6 is 22.6 Å². The summed E-state index contributed by atoms with van der Waals surface area (Å²) in [6, 6.07) is 0. The topological polar surface area (TPSA) is 48.0 Å². The molecule has 3 atom stereocenters. The van der Waals surface area contributed by atoms with Crippen molar-refractivity contribution in [1.29, 1.82) is 0 Å². The Morgan fingerprint density at radius 3 is 2.90 bits per heavy atom.